The lowest BCUT2D eigenvalue weighted by atomic mass is 9.90. The van der Waals surface area contributed by atoms with Crippen molar-refractivity contribution in [2.45, 2.75) is 64.3 Å². The summed E-state index contributed by atoms with van der Waals surface area (Å²) in [5.41, 5.74) is 1.27. The van der Waals surface area contributed by atoms with E-state index in [4.69, 9.17) is 0 Å². The summed E-state index contributed by atoms with van der Waals surface area (Å²) < 4.78 is 0. The molecule has 0 spiro atoms. The van der Waals surface area contributed by atoms with Gasteiger partial charge in [0.25, 0.3) is 5.56 Å². The normalized spacial score (nSPS) is 19.4. The van der Waals surface area contributed by atoms with Gasteiger partial charge in [0.2, 0.25) is 5.91 Å². The van der Waals surface area contributed by atoms with Gasteiger partial charge in [-0.25, -0.2) is 4.98 Å². The van der Waals surface area contributed by atoms with E-state index in [1.165, 1.54) is 38.8 Å². The Morgan fingerprint density at radius 3 is 2.67 bits per heavy atom. The Morgan fingerprint density at radius 1 is 1.33 bits per heavy atom. The number of hydrogen-bond donors (Lipinski definition) is 2. The summed E-state index contributed by atoms with van der Waals surface area (Å²) in [4.78, 5) is 34.0. The molecule has 3 rings (SSSR count). The van der Waals surface area contributed by atoms with Crippen LogP contribution in [-0.4, -0.2) is 45.9 Å². The average molecular weight is 332 g/mol. The number of nitrogens with zero attached hydrogens (tertiary/aromatic N) is 2. The van der Waals surface area contributed by atoms with Crippen molar-refractivity contribution < 1.29 is 4.79 Å². The first-order valence-corrected chi connectivity index (χ1v) is 9.14. The minimum absolute atomic E-state index is 0.0893. The van der Waals surface area contributed by atoms with Crippen LogP contribution in [0.1, 0.15) is 56.1 Å². The molecule has 0 saturated carbocycles. The number of aromatic nitrogens is 2. The minimum atomic E-state index is -0.189. The monoisotopic (exact) mass is 332 g/mol. The molecule has 2 fully saturated rings. The van der Waals surface area contributed by atoms with Gasteiger partial charge in [-0.05, 0) is 52.1 Å². The van der Waals surface area contributed by atoms with Gasteiger partial charge in [-0.2, -0.15) is 0 Å². The largest absolute Gasteiger partial charge is 0.356 e. The maximum Gasteiger partial charge on any atom is 0.254 e. The van der Waals surface area contributed by atoms with Crippen molar-refractivity contribution in [3.63, 3.8) is 0 Å². The Hall–Kier alpha value is -1.69. The molecule has 0 aromatic carbocycles. The Balaban J connectivity index is 1.54. The predicted molar refractivity (Wildman–Crippen MR) is 93.1 cm³/mol. The van der Waals surface area contributed by atoms with Crippen LogP contribution in [0.15, 0.2) is 4.79 Å². The van der Waals surface area contributed by atoms with E-state index in [0.29, 0.717) is 35.6 Å². The highest BCUT2D eigenvalue weighted by Gasteiger charge is 2.43. The van der Waals surface area contributed by atoms with E-state index in [2.05, 4.69) is 20.2 Å². The molecule has 132 valence electrons. The van der Waals surface area contributed by atoms with Crippen molar-refractivity contribution in [2.75, 3.05) is 19.6 Å². The van der Waals surface area contributed by atoms with Gasteiger partial charge in [-0.3, -0.25) is 14.5 Å². The molecule has 1 aromatic rings. The second-order valence-corrected chi connectivity index (χ2v) is 7.13. The standard InChI is InChI=1S/C18H28N4O2/c1-3-15-20-13(2)14(17(24)21-15)12-16(23)19-9-8-18-6-4-10-22(18)11-5-7-18/h3-12H2,1-2H3,(H,19,23)(H,20,21,24). The smallest absolute Gasteiger partial charge is 0.254 e. The van der Waals surface area contributed by atoms with Gasteiger partial charge >= 0.3 is 0 Å². The maximum absolute atomic E-state index is 12.2. The van der Waals surface area contributed by atoms with Crippen LogP contribution in [0, 0.1) is 6.92 Å². The number of nitrogens with one attached hydrogen (secondary N) is 2. The maximum atomic E-state index is 12.2. The van der Waals surface area contributed by atoms with Crippen molar-refractivity contribution in [2.24, 2.45) is 0 Å². The van der Waals surface area contributed by atoms with Crippen LogP contribution in [0.4, 0.5) is 0 Å². The summed E-state index contributed by atoms with van der Waals surface area (Å²) in [6, 6.07) is 0. The van der Waals surface area contributed by atoms with Gasteiger partial charge in [0.05, 0.1) is 6.42 Å². The first-order chi connectivity index (χ1) is 11.5. The SMILES string of the molecule is CCc1nc(C)c(CC(=O)NCCC23CCCN2CCC3)c(=O)[nH]1. The van der Waals surface area contributed by atoms with Crippen LogP contribution in [-0.2, 0) is 17.6 Å². The Morgan fingerprint density at radius 2 is 2.04 bits per heavy atom. The fraction of sp³-hybridized carbons (Fsp3) is 0.722. The summed E-state index contributed by atoms with van der Waals surface area (Å²) in [5, 5.41) is 3.00. The van der Waals surface area contributed by atoms with Crippen LogP contribution in [0.25, 0.3) is 0 Å². The number of carbonyl (C=O) groups excluding carboxylic acids is 1. The molecule has 1 aromatic heterocycles. The second-order valence-electron chi connectivity index (χ2n) is 7.13. The summed E-state index contributed by atoms with van der Waals surface area (Å²) in [5.74, 6) is 0.580. The number of aromatic amines is 1. The molecule has 0 atom stereocenters. The topological polar surface area (TPSA) is 78.1 Å². The van der Waals surface area contributed by atoms with Crippen LogP contribution in [0.3, 0.4) is 0 Å². The van der Waals surface area contributed by atoms with E-state index in [9.17, 15) is 9.59 Å². The predicted octanol–water partition coefficient (Wildman–Crippen LogP) is 1.32. The Bertz CT molecular complexity index is 657. The molecule has 0 unspecified atom stereocenters. The summed E-state index contributed by atoms with van der Waals surface area (Å²) >= 11 is 0. The number of amides is 1. The van der Waals surface area contributed by atoms with E-state index < -0.39 is 0 Å². The third kappa shape index (κ3) is 3.38. The molecule has 1 amide bonds. The number of hydrogen-bond acceptors (Lipinski definition) is 4. The molecular weight excluding hydrogens is 304 g/mol. The lowest BCUT2D eigenvalue weighted by Crippen LogP contribution is -2.41. The Labute approximate surface area is 143 Å². The number of rotatable bonds is 6. The molecule has 24 heavy (non-hydrogen) atoms. The van der Waals surface area contributed by atoms with Crippen LogP contribution in [0.2, 0.25) is 0 Å². The van der Waals surface area contributed by atoms with Gasteiger partial charge < -0.3 is 10.3 Å². The van der Waals surface area contributed by atoms with Gasteiger partial charge in [0.15, 0.2) is 0 Å². The zero-order chi connectivity index (χ0) is 17.2. The van der Waals surface area contributed by atoms with Crippen molar-refractivity contribution in [3.8, 4) is 0 Å². The summed E-state index contributed by atoms with van der Waals surface area (Å²) in [6.07, 6.45) is 6.86. The van der Waals surface area contributed by atoms with Gasteiger partial charge in [-0.1, -0.05) is 6.92 Å². The minimum Gasteiger partial charge on any atom is -0.356 e. The zero-order valence-corrected chi connectivity index (χ0v) is 14.8. The van der Waals surface area contributed by atoms with Gasteiger partial charge in [0, 0.05) is 29.8 Å². The lowest BCUT2D eigenvalue weighted by molar-refractivity contribution is -0.120. The summed E-state index contributed by atoms with van der Waals surface area (Å²) in [6.45, 7) is 6.84. The number of H-pyrrole nitrogens is 1. The third-order valence-corrected chi connectivity index (χ3v) is 5.67. The molecule has 6 nitrogen and oxygen atoms in total. The molecule has 2 aliphatic heterocycles. The fourth-order valence-electron chi connectivity index (χ4n) is 4.34. The lowest BCUT2D eigenvalue weighted by Gasteiger charge is -2.32. The first-order valence-electron chi connectivity index (χ1n) is 9.14. The highest BCUT2D eigenvalue weighted by atomic mass is 16.2. The summed E-state index contributed by atoms with van der Waals surface area (Å²) in [7, 11) is 0. The molecule has 2 N–H and O–H groups in total. The van der Waals surface area contributed by atoms with E-state index in [0.717, 1.165) is 6.42 Å². The van der Waals surface area contributed by atoms with Gasteiger partial charge in [0.1, 0.15) is 5.82 Å². The van der Waals surface area contributed by atoms with Crippen LogP contribution >= 0.6 is 0 Å². The number of carbonyl (C=O) groups is 1. The second kappa shape index (κ2) is 7.05. The van der Waals surface area contributed by atoms with E-state index in [1.807, 2.05) is 6.92 Å². The van der Waals surface area contributed by atoms with Crippen molar-refractivity contribution in [1.82, 2.24) is 20.2 Å². The highest BCUT2D eigenvalue weighted by molar-refractivity contribution is 5.78. The van der Waals surface area contributed by atoms with E-state index >= 15 is 0 Å². The first kappa shape index (κ1) is 17.1. The quantitative estimate of drug-likeness (QED) is 0.823. The van der Waals surface area contributed by atoms with Crippen molar-refractivity contribution in [3.05, 3.63) is 27.4 Å². The zero-order valence-electron chi connectivity index (χ0n) is 14.8. The molecular formula is C18H28N4O2. The fourth-order valence-corrected chi connectivity index (χ4v) is 4.34. The van der Waals surface area contributed by atoms with Crippen molar-refractivity contribution >= 4 is 5.91 Å². The third-order valence-electron chi connectivity index (χ3n) is 5.67. The molecule has 2 saturated heterocycles. The highest BCUT2D eigenvalue weighted by Crippen LogP contribution is 2.40. The average Bonchev–Trinajstić information content (AvgIpc) is 3.10. The number of aryl methyl sites for hydroxylation is 2. The molecule has 2 aliphatic rings. The van der Waals surface area contributed by atoms with Gasteiger partial charge in [-0.15, -0.1) is 0 Å². The molecule has 6 heteroatoms. The number of fused-ring (bicyclic) bond motifs is 1. The van der Waals surface area contributed by atoms with Crippen LogP contribution < -0.4 is 10.9 Å². The molecule has 0 bridgehead atoms. The van der Waals surface area contributed by atoms with Crippen LogP contribution in [0.5, 0.6) is 0 Å². The van der Waals surface area contributed by atoms with E-state index in [-0.39, 0.29) is 17.9 Å². The molecule has 0 radical (unpaired) electrons. The molecule has 3 heterocycles. The Kier molecular flexibility index (Phi) is 5.04. The van der Waals surface area contributed by atoms with Crippen molar-refractivity contribution in [1.29, 1.82) is 0 Å². The molecule has 0 aliphatic carbocycles. The van der Waals surface area contributed by atoms with E-state index in [1.54, 1.807) is 6.92 Å².